The third kappa shape index (κ3) is 2.75. The molecule has 18 heavy (non-hydrogen) atoms. The lowest BCUT2D eigenvalue weighted by atomic mass is 9.98. The molecule has 0 aliphatic carbocycles. The molecule has 100 valence electrons. The fraction of sp³-hybridized carbons (Fsp3) is 0.643. The molecular formula is C14H21NO2S. The number of aryl methyl sites for hydroxylation is 2. The maximum absolute atomic E-state index is 12.4. The van der Waals surface area contributed by atoms with Crippen molar-refractivity contribution in [1.29, 1.82) is 0 Å². The summed E-state index contributed by atoms with van der Waals surface area (Å²) in [7, 11) is 0. The summed E-state index contributed by atoms with van der Waals surface area (Å²) in [4.78, 5) is 16.5. The minimum absolute atomic E-state index is 0.166. The molecule has 0 spiro atoms. The molecule has 3 nitrogen and oxygen atoms in total. The molecule has 1 aliphatic heterocycles. The Morgan fingerprint density at radius 1 is 1.50 bits per heavy atom. The van der Waals surface area contributed by atoms with Gasteiger partial charge in [-0.1, -0.05) is 6.92 Å². The van der Waals surface area contributed by atoms with E-state index in [1.807, 2.05) is 11.0 Å². The van der Waals surface area contributed by atoms with Crippen molar-refractivity contribution in [1.82, 2.24) is 4.90 Å². The number of hydrogen-bond acceptors (Lipinski definition) is 3. The molecular weight excluding hydrogens is 246 g/mol. The quantitative estimate of drug-likeness (QED) is 0.914. The smallest absolute Gasteiger partial charge is 0.263 e. The topological polar surface area (TPSA) is 40.5 Å². The van der Waals surface area contributed by atoms with Crippen molar-refractivity contribution in [3.8, 4) is 0 Å². The van der Waals surface area contributed by atoms with Gasteiger partial charge in [0.25, 0.3) is 5.91 Å². The minimum Gasteiger partial charge on any atom is -0.396 e. The minimum atomic E-state index is 0.166. The third-order valence-corrected chi connectivity index (χ3v) is 5.08. The molecule has 0 atom stereocenters. The summed E-state index contributed by atoms with van der Waals surface area (Å²) in [6, 6.07) is 2.02. The van der Waals surface area contributed by atoms with Gasteiger partial charge in [0.2, 0.25) is 0 Å². The lowest BCUT2D eigenvalue weighted by Gasteiger charge is -2.30. The van der Waals surface area contributed by atoms with Gasteiger partial charge < -0.3 is 10.0 Å². The Morgan fingerprint density at radius 3 is 2.67 bits per heavy atom. The lowest BCUT2D eigenvalue weighted by molar-refractivity contribution is 0.0655. The highest BCUT2D eigenvalue weighted by Gasteiger charge is 2.24. The molecule has 1 amide bonds. The average molecular weight is 267 g/mol. The molecule has 0 radical (unpaired) electrons. The molecule has 4 heteroatoms. The standard InChI is InChI=1S/C14H21NO2S/c1-3-12-10(2)8-13(18-12)14(17)15-6-4-11(9-16)5-7-15/h8,11,16H,3-7,9H2,1-2H3. The van der Waals surface area contributed by atoms with Crippen LogP contribution in [0.15, 0.2) is 6.07 Å². The molecule has 1 aromatic heterocycles. The Hall–Kier alpha value is -0.870. The second kappa shape index (κ2) is 5.85. The number of carbonyl (C=O) groups excluding carboxylic acids is 1. The summed E-state index contributed by atoms with van der Waals surface area (Å²) in [5.41, 5.74) is 1.23. The maximum Gasteiger partial charge on any atom is 0.263 e. The fourth-order valence-electron chi connectivity index (χ4n) is 2.45. The van der Waals surface area contributed by atoms with Gasteiger partial charge in [0.15, 0.2) is 0 Å². The van der Waals surface area contributed by atoms with E-state index in [4.69, 9.17) is 5.11 Å². The van der Waals surface area contributed by atoms with Gasteiger partial charge in [0.1, 0.15) is 0 Å². The lowest BCUT2D eigenvalue weighted by Crippen LogP contribution is -2.38. The molecule has 0 bridgehead atoms. The Bertz CT molecular complexity index is 419. The second-order valence-electron chi connectivity index (χ2n) is 4.99. The molecule has 0 saturated carbocycles. The van der Waals surface area contributed by atoms with Crippen molar-refractivity contribution >= 4 is 17.2 Å². The van der Waals surface area contributed by atoms with E-state index in [-0.39, 0.29) is 12.5 Å². The van der Waals surface area contributed by atoms with Gasteiger partial charge in [-0.3, -0.25) is 4.79 Å². The second-order valence-corrected chi connectivity index (χ2v) is 6.13. The Labute approximate surface area is 112 Å². The van der Waals surface area contributed by atoms with E-state index in [1.54, 1.807) is 11.3 Å². The molecule has 2 heterocycles. The highest BCUT2D eigenvalue weighted by atomic mass is 32.1. The van der Waals surface area contributed by atoms with E-state index in [0.29, 0.717) is 5.92 Å². The van der Waals surface area contributed by atoms with Crippen molar-refractivity contribution in [2.45, 2.75) is 33.1 Å². The van der Waals surface area contributed by atoms with Crippen LogP contribution < -0.4 is 0 Å². The molecule has 0 unspecified atom stereocenters. The molecule has 1 aliphatic rings. The Morgan fingerprint density at radius 2 is 2.17 bits per heavy atom. The number of aliphatic hydroxyl groups is 1. The number of thiophene rings is 1. The van der Waals surface area contributed by atoms with E-state index in [9.17, 15) is 4.79 Å². The van der Waals surface area contributed by atoms with Crippen LogP contribution in [0.5, 0.6) is 0 Å². The van der Waals surface area contributed by atoms with Crippen LogP contribution in [0.3, 0.4) is 0 Å². The fourth-order valence-corrected chi connectivity index (χ4v) is 3.53. The largest absolute Gasteiger partial charge is 0.396 e. The van der Waals surface area contributed by atoms with Gasteiger partial charge in [0.05, 0.1) is 4.88 Å². The number of piperidine rings is 1. The van der Waals surface area contributed by atoms with Crippen molar-refractivity contribution in [2.24, 2.45) is 5.92 Å². The first-order valence-electron chi connectivity index (χ1n) is 6.65. The van der Waals surface area contributed by atoms with Gasteiger partial charge >= 0.3 is 0 Å². The Kier molecular flexibility index (Phi) is 4.40. The van der Waals surface area contributed by atoms with Crippen LogP contribution in [-0.2, 0) is 6.42 Å². The summed E-state index contributed by atoms with van der Waals surface area (Å²) in [6.07, 6.45) is 2.84. The molecule has 2 rings (SSSR count). The van der Waals surface area contributed by atoms with Crippen LogP contribution in [0.1, 0.15) is 39.9 Å². The van der Waals surface area contributed by atoms with E-state index < -0.39 is 0 Å². The molecule has 1 saturated heterocycles. The predicted octanol–water partition coefficient (Wildman–Crippen LogP) is 2.46. The zero-order valence-corrected chi connectivity index (χ0v) is 11.9. The SMILES string of the molecule is CCc1sc(C(=O)N2CCC(CO)CC2)cc1C. The summed E-state index contributed by atoms with van der Waals surface area (Å²) in [5.74, 6) is 0.546. The van der Waals surface area contributed by atoms with Crippen molar-refractivity contribution in [3.05, 3.63) is 21.4 Å². The molecule has 1 aromatic rings. The number of rotatable bonds is 3. The predicted molar refractivity (Wildman–Crippen MR) is 74.1 cm³/mol. The van der Waals surface area contributed by atoms with Crippen LogP contribution in [0.2, 0.25) is 0 Å². The van der Waals surface area contributed by atoms with E-state index in [0.717, 1.165) is 37.2 Å². The number of nitrogens with zero attached hydrogens (tertiary/aromatic N) is 1. The number of aliphatic hydroxyl groups excluding tert-OH is 1. The highest BCUT2D eigenvalue weighted by Crippen LogP contribution is 2.25. The maximum atomic E-state index is 12.4. The van der Waals surface area contributed by atoms with Gasteiger partial charge in [-0.25, -0.2) is 0 Å². The van der Waals surface area contributed by atoms with Crippen LogP contribution in [-0.4, -0.2) is 35.6 Å². The molecule has 1 fully saturated rings. The van der Waals surface area contributed by atoms with Gasteiger partial charge in [0, 0.05) is 24.6 Å². The summed E-state index contributed by atoms with van der Waals surface area (Å²) in [5, 5.41) is 9.10. The third-order valence-electron chi connectivity index (χ3n) is 3.71. The van der Waals surface area contributed by atoms with Gasteiger partial charge in [-0.15, -0.1) is 11.3 Å². The molecule has 0 aromatic carbocycles. The average Bonchev–Trinajstić information content (AvgIpc) is 2.79. The zero-order chi connectivity index (χ0) is 13.1. The zero-order valence-electron chi connectivity index (χ0n) is 11.1. The first kappa shape index (κ1) is 13.6. The van der Waals surface area contributed by atoms with Gasteiger partial charge in [-0.05, 0) is 43.7 Å². The number of amides is 1. The van der Waals surface area contributed by atoms with E-state index in [1.165, 1.54) is 10.4 Å². The van der Waals surface area contributed by atoms with E-state index in [2.05, 4.69) is 13.8 Å². The van der Waals surface area contributed by atoms with Crippen molar-refractivity contribution in [3.63, 3.8) is 0 Å². The van der Waals surface area contributed by atoms with E-state index >= 15 is 0 Å². The van der Waals surface area contributed by atoms with Crippen LogP contribution in [0.4, 0.5) is 0 Å². The van der Waals surface area contributed by atoms with Crippen LogP contribution >= 0.6 is 11.3 Å². The van der Waals surface area contributed by atoms with Crippen molar-refractivity contribution < 1.29 is 9.90 Å². The van der Waals surface area contributed by atoms with Crippen molar-refractivity contribution in [2.75, 3.05) is 19.7 Å². The summed E-state index contributed by atoms with van der Waals surface area (Å²) in [6.45, 7) is 6.01. The van der Waals surface area contributed by atoms with Crippen LogP contribution in [0, 0.1) is 12.8 Å². The normalized spacial score (nSPS) is 17.2. The first-order valence-corrected chi connectivity index (χ1v) is 7.46. The van der Waals surface area contributed by atoms with Gasteiger partial charge in [-0.2, -0.15) is 0 Å². The van der Waals surface area contributed by atoms with Crippen LogP contribution in [0.25, 0.3) is 0 Å². The monoisotopic (exact) mass is 267 g/mol. The Balaban J connectivity index is 2.03. The highest BCUT2D eigenvalue weighted by molar-refractivity contribution is 7.14. The number of likely N-dealkylation sites (tertiary alicyclic amines) is 1. The first-order chi connectivity index (χ1) is 8.65. The summed E-state index contributed by atoms with van der Waals surface area (Å²) < 4.78 is 0. The summed E-state index contributed by atoms with van der Waals surface area (Å²) >= 11 is 1.63. The molecule has 1 N–H and O–H groups in total. The number of carbonyl (C=O) groups is 1. The number of hydrogen-bond donors (Lipinski definition) is 1.